The monoisotopic (exact) mass is 413 g/mol. The van der Waals surface area contributed by atoms with Crippen LogP contribution in [0.4, 0.5) is 0 Å². The van der Waals surface area contributed by atoms with E-state index in [-0.39, 0.29) is 35.9 Å². The molecule has 0 saturated carbocycles. The molecule has 3 amide bonds. The third kappa shape index (κ3) is 3.95. The molecule has 1 unspecified atom stereocenters. The molecule has 0 spiro atoms. The molecule has 1 aromatic heterocycles. The molecule has 1 saturated heterocycles. The minimum Gasteiger partial charge on any atom is -0.376 e. The second-order valence-corrected chi connectivity index (χ2v) is 8.52. The molecule has 1 fully saturated rings. The lowest BCUT2D eigenvalue weighted by Crippen LogP contribution is -2.36. The molecule has 0 bridgehead atoms. The maximum atomic E-state index is 12.7. The van der Waals surface area contributed by atoms with Gasteiger partial charge in [-0.1, -0.05) is 13.8 Å². The standard InChI is InChI=1S/C21H23N3O4S/c1-12(2)19-23-14(11-29-19)9-22-18(25)13-5-6-16-17(8-13)21(27)24(20(16)26)10-15-4-3-7-28-15/h5-6,8,11-12,15H,3-4,7,9-10H2,1-2H3,(H,22,25). The van der Waals surface area contributed by atoms with Gasteiger partial charge in [-0.05, 0) is 31.0 Å². The number of benzene rings is 1. The lowest BCUT2D eigenvalue weighted by Gasteiger charge is -2.17. The van der Waals surface area contributed by atoms with Crippen molar-refractivity contribution in [1.82, 2.24) is 15.2 Å². The van der Waals surface area contributed by atoms with Gasteiger partial charge in [0.2, 0.25) is 0 Å². The van der Waals surface area contributed by atoms with Crippen molar-refractivity contribution >= 4 is 29.1 Å². The van der Waals surface area contributed by atoms with E-state index in [2.05, 4.69) is 24.1 Å². The van der Waals surface area contributed by atoms with Crippen LogP contribution in [0, 0.1) is 0 Å². The Morgan fingerprint density at radius 3 is 2.79 bits per heavy atom. The Hall–Kier alpha value is -2.58. The van der Waals surface area contributed by atoms with Crippen molar-refractivity contribution in [1.29, 1.82) is 0 Å². The summed E-state index contributed by atoms with van der Waals surface area (Å²) in [6, 6.07) is 4.64. The first-order valence-electron chi connectivity index (χ1n) is 9.78. The number of carbonyl (C=O) groups excluding carboxylic acids is 3. The number of carbonyl (C=O) groups is 3. The second-order valence-electron chi connectivity index (χ2n) is 7.63. The van der Waals surface area contributed by atoms with Crippen molar-refractivity contribution < 1.29 is 19.1 Å². The summed E-state index contributed by atoms with van der Waals surface area (Å²) in [4.78, 5) is 43.6. The number of thiazole rings is 1. The van der Waals surface area contributed by atoms with Crippen molar-refractivity contribution in [3.63, 3.8) is 0 Å². The van der Waals surface area contributed by atoms with Gasteiger partial charge in [-0.15, -0.1) is 11.3 Å². The first-order valence-corrected chi connectivity index (χ1v) is 10.7. The summed E-state index contributed by atoms with van der Waals surface area (Å²) in [5.74, 6) is -0.639. The molecular formula is C21H23N3O4S. The quantitative estimate of drug-likeness (QED) is 0.736. The van der Waals surface area contributed by atoms with Gasteiger partial charge in [-0.3, -0.25) is 19.3 Å². The van der Waals surface area contributed by atoms with Gasteiger partial charge in [0.15, 0.2) is 0 Å². The smallest absolute Gasteiger partial charge is 0.261 e. The fourth-order valence-corrected chi connectivity index (χ4v) is 4.37. The topological polar surface area (TPSA) is 88.6 Å². The number of hydrogen-bond acceptors (Lipinski definition) is 6. The number of imide groups is 1. The Kier molecular flexibility index (Phi) is 5.47. The van der Waals surface area contributed by atoms with Crippen LogP contribution in [0.15, 0.2) is 23.6 Å². The van der Waals surface area contributed by atoms with Crippen molar-refractivity contribution in [2.75, 3.05) is 13.2 Å². The Labute approximate surface area is 173 Å². The van der Waals surface area contributed by atoms with E-state index in [1.54, 1.807) is 23.5 Å². The Morgan fingerprint density at radius 2 is 2.10 bits per heavy atom. The van der Waals surface area contributed by atoms with Gasteiger partial charge >= 0.3 is 0 Å². The number of rotatable bonds is 6. The number of aromatic nitrogens is 1. The summed E-state index contributed by atoms with van der Waals surface area (Å²) in [5, 5.41) is 5.79. The summed E-state index contributed by atoms with van der Waals surface area (Å²) >= 11 is 1.57. The Balaban J connectivity index is 1.44. The number of hydrogen-bond donors (Lipinski definition) is 1. The third-order valence-corrected chi connectivity index (χ3v) is 6.33. The first kappa shape index (κ1) is 19.7. The third-order valence-electron chi connectivity index (χ3n) is 5.14. The second kappa shape index (κ2) is 8.04. The van der Waals surface area contributed by atoms with E-state index in [1.807, 2.05) is 5.38 Å². The molecule has 29 heavy (non-hydrogen) atoms. The van der Waals surface area contributed by atoms with Crippen LogP contribution in [-0.2, 0) is 11.3 Å². The highest BCUT2D eigenvalue weighted by Crippen LogP contribution is 2.26. The van der Waals surface area contributed by atoms with E-state index in [9.17, 15) is 14.4 Å². The zero-order chi connectivity index (χ0) is 20.5. The minimum absolute atomic E-state index is 0.103. The summed E-state index contributed by atoms with van der Waals surface area (Å²) in [6.45, 7) is 5.39. The highest BCUT2D eigenvalue weighted by Gasteiger charge is 2.37. The van der Waals surface area contributed by atoms with Crippen LogP contribution in [0.25, 0.3) is 0 Å². The highest BCUT2D eigenvalue weighted by molar-refractivity contribution is 7.09. The molecule has 152 valence electrons. The Bertz CT molecular complexity index is 963. The van der Waals surface area contributed by atoms with E-state index >= 15 is 0 Å². The number of nitrogens with zero attached hydrogens (tertiary/aromatic N) is 2. The molecule has 3 heterocycles. The van der Waals surface area contributed by atoms with Crippen molar-refractivity contribution in [3.05, 3.63) is 51.0 Å². The normalized spacial score (nSPS) is 18.6. The lowest BCUT2D eigenvalue weighted by atomic mass is 10.1. The largest absolute Gasteiger partial charge is 0.376 e. The molecule has 2 aliphatic rings. The molecule has 1 aromatic carbocycles. The van der Waals surface area contributed by atoms with E-state index < -0.39 is 0 Å². The van der Waals surface area contributed by atoms with E-state index in [4.69, 9.17) is 4.74 Å². The first-order chi connectivity index (χ1) is 13.9. The molecule has 7 nitrogen and oxygen atoms in total. The number of nitrogens with one attached hydrogen (secondary N) is 1. The lowest BCUT2D eigenvalue weighted by molar-refractivity contribution is 0.0475. The van der Waals surface area contributed by atoms with Crippen LogP contribution in [0.1, 0.15) is 74.4 Å². The maximum absolute atomic E-state index is 12.7. The predicted octanol–water partition coefficient (Wildman–Crippen LogP) is 2.97. The van der Waals surface area contributed by atoms with E-state index in [1.165, 1.54) is 11.0 Å². The molecule has 1 N–H and O–H groups in total. The van der Waals surface area contributed by atoms with Crippen molar-refractivity contribution in [2.45, 2.75) is 45.3 Å². The van der Waals surface area contributed by atoms with Crippen molar-refractivity contribution in [3.8, 4) is 0 Å². The molecule has 4 rings (SSSR count). The van der Waals surface area contributed by atoms with Gasteiger partial charge in [0.05, 0.1) is 41.0 Å². The fraction of sp³-hybridized carbons (Fsp3) is 0.429. The maximum Gasteiger partial charge on any atom is 0.261 e. The van der Waals surface area contributed by atoms with Gasteiger partial charge < -0.3 is 10.1 Å². The van der Waals surface area contributed by atoms with Gasteiger partial charge in [0, 0.05) is 23.5 Å². The van der Waals surface area contributed by atoms with E-state index in [0.29, 0.717) is 30.2 Å². The van der Waals surface area contributed by atoms with Crippen LogP contribution in [0.3, 0.4) is 0 Å². The minimum atomic E-state index is -0.365. The SMILES string of the molecule is CC(C)c1nc(CNC(=O)c2ccc3c(c2)C(=O)N(CC2CCCO2)C3=O)cs1. The van der Waals surface area contributed by atoms with Crippen LogP contribution in [-0.4, -0.2) is 46.9 Å². The number of fused-ring (bicyclic) bond motifs is 1. The zero-order valence-electron chi connectivity index (χ0n) is 16.4. The fourth-order valence-electron chi connectivity index (χ4n) is 3.53. The summed E-state index contributed by atoms with van der Waals surface area (Å²) in [6.07, 6.45) is 1.68. The molecule has 0 radical (unpaired) electrons. The molecule has 8 heteroatoms. The molecule has 2 aliphatic heterocycles. The van der Waals surface area contributed by atoms with Crippen molar-refractivity contribution in [2.24, 2.45) is 0 Å². The zero-order valence-corrected chi connectivity index (χ0v) is 17.3. The number of ether oxygens (including phenoxy) is 1. The average Bonchev–Trinajstić information content (AvgIpc) is 3.44. The van der Waals surface area contributed by atoms with Crippen LogP contribution >= 0.6 is 11.3 Å². The number of amides is 3. The Morgan fingerprint density at radius 1 is 1.31 bits per heavy atom. The summed E-state index contributed by atoms with van der Waals surface area (Å²) < 4.78 is 5.55. The molecule has 0 aliphatic carbocycles. The van der Waals surface area contributed by atoms with E-state index in [0.717, 1.165) is 23.5 Å². The summed E-state index contributed by atoms with van der Waals surface area (Å²) in [5.41, 5.74) is 1.77. The van der Waals surface area contributed by atoms with Crippen LogP contribution < -0.4 is 5.32 Å². The average molecular weight is 413 g/mol. The highest BCUT2D eigenvalue weighted by atomic mass is 32.1. The predicted molar refractivity (Wildman–Crippen MR) is 108 cm³/mol. The van der Waals surface area contributed by atoms with Crippen LogP contribution in [0.5, 0.6) is 0 Å². The molecule has 2 aromatic rings. The van der Waals surface area contributed by atoms with Gasteiger partial charge in [0.25, 0.3) is 17.7 Å². The van der Waals surface area contributed by atoms with Gasteiger partial charge in [-0.2, -0.15) is 0 Å². The molecular weight excluding hydrogens is 390 g/mol. The van der Waals surface area contributed by atoms with Crippen LogP contribution in [0.2, 0.25) is 0 Å². The molecule has 1 atom stereocenters. The summed E-state index contributed by atoms with van der Waals surface area (Å²) in [7, 11) is 0. The van der Waals surface area contributed by atoms with Gasteiger partial charge in [0.1, 0.15) is 0 Å². The van der Waals surface area contributed by atoms with Gasteiger partial charge in [-0.25, -0.2) is 4.98 Å².